The van der Waals surface area contributed by atoms with E-state index in [0.717, 1.165) is 22.7 Å². The Bertz CT molecular complexity index is 3220. The van der Waals surface area contributed by atoms with Crippen LogP contribution in [-0.4, -0.2) is 0 Å². The van der Waals surface area contributed by atoms with Gasteiger partial charge in [-0.05, 0) is 180 Å². The molecular formula is C64H60N2. The van der Waals surface area contributed by atoms with Crippen molar-refractivity contribution < 1.29 is 0 Å². The molecule has 0 aliphatic carbocycles. The lowest BCUT2D eigenvalue weighted by atomic mass is 9.83. The second-order valence-corrected chi connectivity index (χ2v) is 20.0. The van der Waals surface area contributed by atoms with E-state index >= 15 is 0 Å². The predicted octanol–water partition coefficient (Wildman–Crippen LogP) is 18.6. The summed E-state index contributed by atoms with van der Waals surface area (Å²) in [5.74, 6) is 0. The van der Waals surface area contributed by atoms with Crippen molar-refractivity contribution in [1.29, 1.82) is 0 Å². The minimum atomic E-state index is -0.00191. The molecule has 0 radical (unpaired) electrons. The standard InChI is InChI=1S/C64H60N2/c1-39-30-40(2)33-52(32-39)65(62-43(5)22-26-54(45(62)7)47-18-14-12-15-19-47)58-38-59(57-29-25-50-37-51(64(9,10)11)36-49-24-28-56(58)61(57)60(49)50)66(53-34-41(3)31-42(4)35-53)63-44(6)23-27-55(46(63)8)48-20-16-13-17-21-48/h12-38H,1-11H3. The first kappa shape index (κ1) is 42.8. The summed E-state index contributed by atoms with van der Waals surface area (Å²) < 4.78 is 0. The van der Waals surface area contributed by atoms with E-state index in [-0.39, 0.29) is 5.41 Å². The van der Waals surface area contributed by atoms with Crippen LogP contribution in [0, 0.1) is 55.4 Å². The number of rotatable bonds is 8. The van der Waals surface area contributed by atoms with Crippen LogP contribution in [0.5, 0.6) is 0 Å². The molecule has 326 valence electrons. The van der Waals surface area contributed by atoms with Gasteiger partial charge in [-0.1, -0.05) is 154 Å². The van der Waals surface area contributed by atoms with Gasteiger partial charge in [-0.25, -0.2) is 0 Å². The van der Waals surface area contributed by atoms with E-state index in [9.17, 15) is 0 Å². The summed E-state index contributed by atoms with van der Waals surface area (Å²) >= 11 is 0. The van der Waals surface area contributed by atoms with Crippen LogP contribution in [-0.2, 0) is 5.41 Å². The van der Waals surface area contributed by atoms with Gasteiger partial charge >= 0.3 is 0 Å². The minimum Gasteiger partial charge on any atom is -0.309 e. The molecule has 10 rings (SSSR count). The van der Waals surface area contributed by atoms with E-state index in [1.165, 1.54) is 116 Å². The van der Waals surface area contributed by atoms with Gasteiger partial charge in [-0.2, -0.15) is 0 Å². The quantitative estimate of drug-likeness (QED) is 0.141. The van der Waals surface area contributed by atoms with Gasteiger partial charge in [0.15, 0.2) is 0 Å². The Morgan fingerprint density at radius 2 is 0.758 bits per heavy atom. The summed E-state index contributed by atoms with van der Waals surface area (Å²) in [5, 5.41) is 7.58. The minimum absolute atomic E-state index is 0.00191. The molecule has 2 heteroatoms. The average Bonchev–Trinajstić information content (AvgIpc) is 3.28. The van der Waals surface area contributed by atoms with Crippen LogP contribution in [0.2, 0.25) is 0 Å². The molecule has 10 aromatic rings. The van der Waals surface area contributed by atoms with Gasteiger partial charge in [-0.15, -0.1) is 0 Å². The molecule has 0 fully saturated rings. The molecule has 0 atom stereocenters. The Hall–Kier alpha value is -7.16. The van der Waals surface area contributed by atoms with Crippen molar-refractivity contribution in [3.05, 3.63) is 214 Å². The zero-order chi connectivity index (χ0) is 46.2. The normalized spacial score (nSPS) is 11.9. The monoisotopic (exact) mass is 856 g/mol. The first-order valence-electron chi connectivity index (χ1n) is 23.5. The van der Waals surface area contributed by atoms with Crippen molar-refractivity contribution in [2.75, 3.05) is 9.80 Å². The van der Waals surface area contributed by atoms with Crippen LogP contribution < -0.4 is 9.80 Å². The Morgan fingerprint density at radius 3 is 1.14 bits per heavy atom. The van der Waals surface area contributed by atoms with Crippen LogP contribution in [0.25, 0.3) is 54.6 Å². The zero-order valence-corrected chi connectivity index (χ0v) is 40.5. The highest BCUT2D eigenvalue weighted by molar-refractivity contribution is 6.29. The molecule has 0 bridgehead atoms. The van der Waals surface area contributed by atoms with Crippen molar-refractivity contribution in [1.82, 2.24) is 0 Å². The maximum atomic E-state index is 2.59. The Labute approximate surface area is 392 Å². The maximum Gasteiger partial charge on any atom is 0.0561 e. The van der Waals surface area contributed by atoms with Crippen LogP contribution >= 0.6 is 0 Å². The third-order valence-corrected chi connectivity index (χ3v) is 13.8. The summed E-state index contributed by atoms with van der Waals surface area (Å²) in [6.07, 6.45) is 0. The average molecular weight is 857 g/mol. The molecule has 0 aliphatic heterocycles. The van der Waals surface area contributed by atoms with Gasteiger partial charge < -0.3 is 9.80 Å². The molecule has 0 saturated heterocycles. The van der Waals surface area contributed by atoms with Crippen molar-refractivity contribution in [2.45, 2.75) is 81.6 Å². The Kier molecular flexibility index (Phi) is 10.6. The van der Waals surface area contributed by atoms with Crippen LogP contribution in [0.15, 0.2) is 164 Å². The van der Waals surface area contributed by atoms with Gasteiger partial charge in [0, 0.05) is 27.5 Å². The van der Waals surface area contributed by atoms with Gasteiger partial charge in [0.05, 0.1) is 22.7 Å². The summed E-state index contributed by atoms with van der Waals surface area (Å²) in [4.78, 5) is 5.18. The summed E-state index contributed by atoms with van der Waals surface area (Å²) in [6, 6.07) is 62.0. The van der Waals surface area contributed by atoms with Crippen molar-refractivity contribution in [2.24, 2.45) is 0 Å². The smallest absolute Gasteiger partial charge is 0.0561 e. The molecule has 0 unspecified atom stereocenters. The highest BCUT2D eigenvalue weighted by atomic mass is 15.2. The molecule has 0 spiro atoms. The molecule has 66 heavy (non-hydrogen) atoms. The third-order valence-electron chi connectivity index (χ3n) is 13.8. The first-order valence-corrected chi connectivity index (χ1v) is 23.5. The van der Waals surface area contributed by atoms with Crippen molar-refractivity contribution in [3.63, 3.8) is 0 Å². The molecule has 0 aromatic heterocycles. The van der Waals surface area contributed by atoms with E-state index in [0.29, 0.717) is 0 Å². The van der Waals surface area contributed by atoms with Gasteiger partial charge in [0.25, 0.3) is 0 Å². The molecule has 0 saturated carbocycles. The maximum absolute atomic E-state index is 2.59. The second-order valence-electron chi connectivity index (χ2n) is 20.0. The number of hydrogen-bond acceptors (Lipinski definition) is 2. The van der Waals surface area contributed by atoms with Crippen LogP contribution in [0.1, 0.15) is 70.8 Å². The lowest BCUT2D eigenvalue weighted by molar-refractivity contribution is 0.591. The Morgan fingerprint density at radius 1 is 0.364 bits per heavy atom. The van der Waals surface area contributed by atoms with Gasteiger partial charge in [0.1, 0.15) is 0 Å². The molecule has 0 aliphatic rings. The lowest BCUT2D eigenvalue weighted by Crippen LogP contribution is -2.18. The van der Waals surface area contributed by atoms with Crippen LogP contribution in [0.3, 0.4) is 0 Å². The molecular weight excluding hydrogens is 797 g/mol. The predicted molar refractivity (Wildman–Crippen MR) is 287 cm³/mol. The highest BCUT2D eigenvalue weighted by Crippen LogP contribution is 2.53. The summed E-state index contributed by atoms with van der Waals surface area (Å²) in [5.41, 5.74) is 23.1. The summed E-state index contributed by atoms with van der Waals surface area (Å²) in [7, 11) is 0. The number of hydrogen-bond donors (Lipinski definition) is 0. The summed E-state index contributed by atoms with van der Waals surface area (Å²) in [6.45, 7) is 25.1. The van der Waals surface area contributed by atoms with Crippen molar-refractivity contribution >= 4 is 66.4 Å². The number of nitrogens with zero attached hydrogens (tertiary/aromatic N) is 2. The fourth-order valence-electron chi connectivity index (χ4n) is 10.8. The highest BCUT2D eigenvalue weighted by Gasteiger charge is 2.29. The molecule has 2 nitrogen and oxygen atoms in total. The van der Waals surface area contributed by atoms with E-state index < -0.39 is 0 Å². The molecule has 10 aromatic carbocycles. The topological polar surface area (TPSA) is 6.48 Å². The second kappa shape index (κ2) is 16.4. The van der Waals surface area contributed by atoms with Gasteiger partial charge in [-0.3, -0.25) is 0 Å². The molecule has 0 heterocycles. The van der Waals surface area contributed by atoms with Crippen molar-refractivity contribution in [3.8, 4) is 22.3 Å². The fourth-order valence-corrected chi connectivity index (χ4v) is 10.8. The SMILES string of the molecule is Cc1cc(C)cc(N(c2c(C)ccc(-c3ccccc3)c2C)c2cc(N(c3cc(C)cc(C)c3)c3c(C)ccc(-c4ccccc4)c3C)c3ccc4cc(C(C)(C)C)cc5ccc2c3c54)c1. The van der Waals surface area contributed by atoms with Crippen LogP contribution in [0.4, 0.5) is 34.1 Å². The lowest BCUT2D eigenvalue weighted by Gasteiger charge is -2.35. The fraction of sp³-hybridized carbons (Fsp3) is 0.188. The first-order chi connectivity index (χ1) is 31.7. The van der Waals surface area contributed by atoms with E-state index in [1.807, 2.05) is 0 Å². The zero-order valence-electron chi connectivity index (χ0n) is 40.5. The largest absolute Gasteiger partial charge is 0.309 e. The van der Waals surface area contributed by atoms with E-state index in [1.54, 1.807) is 0 Å². The molecule has 0 N–H and O–H groups in total. The molecule has 0 amide bonds. The van der Waals surface area contributed by atoms with E-state index in [2.05, 4.69) is 250 Å². The third kappa shape index (κ3) is 7.39. The number of aryl methyl sites for hydroxylation is 6. The number of benzene rings is 10. The van der Waals surface area contributed by atoms with Gasteiger partial charge in [0.2, 0.25) is 0 Å². The number of anilines is 6. The Balaban J connectivity index is 1.40. The van der Waals surface area contributed by atoms with E-state index in [4.69, 9.17) is 0 Å².